The minimum atomic E-state index is 0.173. The Labute approximate surface area is 147 Å². The summed E-state index contributed by atoms with van der Waals surface area (Å²) in [6.45, 7) is 4.68. The van der Waals surface area contributed by atoms with Gasteiger partial charge in [-0.1, -0.05) is 0 Å². The van der Waals surface area contributed by atoms with Crippen molar-refractivity contribution in [2.24, 2.45) is 0 Å². The van der Waals surface area contributed by atoms with E-state index < -0.39 is 0 Å². The minimum Gasteiger partial charge on any atom is -0.485 e. The van der Waals surface area contributed by atoms with Crippen molar-refractivity contribution < 1.29 is 4.74 Å². The van der Waals surface area contributed by atoms with Gasteiger partial charge in [0, 0.05) is 38.6 Å². The zero-order valence-corrected chi connectivity index (χ0v) is 14.3. The van der Waals surface area contributed by atoms with E-state index in [1.807, 2.05) is 18.3 Å². The average molecular weight is 340 g/mol. The quantitative estimate of drug-likeness (QED) is 0.887. The van der Waals surface area contributed by atoms with Gasteiger partial charge in [0.1, 0.15) is 17.7 Å². The summed E-state index contributed by atoms with van der Waals surface area (Å²) in [6.07, 6.45) is 7.18. The Morgan fingerprint density at radius 2 is 2.00 bits per heavy atom. The van der Waals surface area contributed by atoms with Crippen LogP contribution in [-0.2, 0) is 6.54 Å². The first-order valence-corrected chi connectivity index (χ1v) is 8.94. The molecule has 2 aliphatic rings. The number of hydrogen-bond donors (Lipinski definition) is 1. The maximum atomic E-state index is 6.30. The van der Waals surface area contributed by atoms with Gasteiger partial charge in [0.05, 0.1) is 6.54 Å². The number of rotatable bonds is 5. The Morgan fingerprint density at radius 1 is 1.12 bits per heavy atom. The summed E-state index contributed by atoms with van der Waals surface area (Å²) in [6, 6.07) is 5.69. The molecule has 0 aromatic carbocycles. The molecule has 2 fully saturated rings. The van der Waals surface area contributed by atoms with Crippen LogP contribution in [0.25, 0.3) is 0 Å². The Hall–Kier alpha value is -2.41. The number of nitrogens with two attached hydrogens (primary N) is 1. The Bertz CT molecular complexity index is 718. The van der Waals surface area contributed by atoms with Gasteiger partial charge in [-0.2, -0.15) is 0 Å². The maximum Gasteiger partial charge on any atom is 0.171 e. The number of nitrogens with zero attached hydrogens (tertiary/aromatic N) is 5. The molecule has 7 heteroatoms. The van der Waals surface area contributed by atoms with Gasteiger partial charge < -0.3 is 15.4 Å². The fraction of sp³-hybridized carbons (Fsp3) is 0.500. The summed E-state index contributed by atoms with van der Waals surface area (Å²) in [4.78, 5) is 17.8. The second kappa shape index (κ2) is 7.23. The van der Waals surface area contributed by atoms with Crippen molar-refractivity contribution in [2.75, 3.05) is 36.8 Å². The normalized spacial score (nSPS) is 21.0. The molecule has 0 aliphatic carbocycles. The van der Waals surface area contributed by atoms with Crippen molar-refractivity contribution in [3.63, 3.8) is 0 Å². The molecule has 25 heavy (non-hydrogen) atoms. The van der Waals surface area contributed by atoms with Crippen molar-refractivity contribution in [1.82, 2.24) is 19.9 Å². The van der Waals surface area contributed by atoms with Gasteiger partial charge in [-0.3, -0.25) is 4.90 Å². The van der Waals surface area contributed by atoms with Crippen LogP contribution in [0.5, 0.6) is 5.75 Å². The standard InChI is InChI=1S/C18H24N6O/c19-16-5-8-20-17(22-16)13-23-11-6-14(12-23)25-15-4-3-7-21-18(15)24-9-1-2-10-24/h3-5,7-8,14H,1-2,6,9-13H2,(H2,19,20,22). The first kappa shape index (κ1) is 16.1. The van der Waals surface area contributed by atoms with Crippen LogP contribution in [0, 0.1) is 0 Å². The van der Waals surface area contributed by atoms with E-state index in [0.29, 0.717) is 12.4 Å². The second-order valence-electron chi connectivity index (χ2n) is 6.68. The molecular weight excluding hydrogens is 316 g/mol. The van der Waals surface area contributed by atoms with E-state index in [1.165, 1.54) is 12.8 Å². The molecule has 0 amide bonds. The lowest BCUT2D eigenvalue weighted by Crippen LogP contribution is -2.26. The van der Waals surface area contributed by atoms with Gasteiger partial charge in [-0.25, -0.2) is 15.0 Å². The molecule has 2 saturated heterocycles. The molecule has 2 aliphatic heterocycles. The van der Waals surface area contributed by atoms with E-state index in [4.69, 9.17) is 10.5 Å². The third-order valence-electron chi connectivity index (χ3n) is 4.77. The number of pyridine rings is 1. The summed E-state index contributed by atoms with van der Waals surface area (Å²) in [7, 11) is 0. The van der Waals surface area contributed by atoms with Gasteiger partial charge in [0.2, 0.25) is 0 Å². The molecule has 0 radical (unpaired) electrons. The van der Waals surface area contributed by atoms with Crippen LogP contribution in [0.2, 0.25) is 0 Å². The fourth-order valence-corrected chi connectivity index (χ4v) is 3.55. The van der Waals surface area contributed by atoms with E-state index in [0.717, 1.165) is 50.0 Å². The number of nitrogen functional groups attached to an aromatic ring is 1. The predicted molar refractivity (Wildman–Crippen MR) is 96.4 cm³/mol. The second-order valence-corrected chi connectivity index (χ2v) is 6.68. The smallest absolute Gasteiger partial charge is 0.171 e. The highest BCUT2D eigenvalue weighted by atomic mass is 16.5. The summed E-state index contributed by atoms with van der Waals surface area (Å²) < 4.78 is 6.30. The Morgan fingerprint density at radius 3 is 2.84 bits per heavy atom. The minimum absolute atomic E-state index is 0.173. The third kappa shape index (κ3) is 3.82. The third-order valence-corrected chi connectivity index (χ3v) is 4.77. The van der Waals surface area contributed by atoms with Crippen LogP contribution >= 0.6 is 0 Å². The predicted octanol–water partition coefficient (Wildman–Crippen LogP) is 1.71. The Kier molecular flexibility index (Phi) is 4.65. The van der Waals surface area contributed by atoms with Crippen LogP contribution in [0.3, 0.4) is 0 Å². The topological polar surface area (TPSA) is 80.4 Å². The molecule has 132 valence electrons. The lowest BCUT2D eigenvalue weighted by molar-refractivity contribution is 0.197. The van der Waals surface area contributed by atoms with Crippen LogP contribution in [0.4, 0.5) is 11.6 Å². The summed E-state index contributed by atoms with van der Waals surface area (Å²) in [5.41, 5.74) is 5.73. The van der Waals surface area contributed by atoms with E-state index in [9.17, 15) is 0 Å². The van der Waals surface area contributed by atoms with Gasteiger partial charge in [0.25, 0.3) is 0 Å². The molecule has 4 heterocycles. The zero-order valence-electron chi connectivity index (χ0n) is 14.3. The summed E-state index contributed by atoms with van der Waals surface area (Å²) in [5.74, 6) is 3.16. The molecular formula is C18H24N6O. The van der Waals surface area contributed by atoms with Gasteiger partial charge >= 0.3 is 0 Å². The highest BCUT2D eigenvalue weighted by Crippen LogP contribution is 2.30. The summed E-state index contributed by atoms with van der Waals surface area (Å²) in [5, 5.41) is 0. The zero-order chi connectivity index (χ0) is 17.1. The van der Waals surface area contributed by atoms with Gasteiger partial charge in [-0.05, 0) is 37.5 Å². The molecule has 2 N–H and O–H groups in total. The highest BCUT2D eigenvalue weighted by molar-refractivity contribution is 5.52. The molecule has 0 bridgehead atoms. The van der Waals surface area contributed by atoms with Crippen LogP contribution in [-0.4, -0.2) is 52.1 Å². The molecule has 7 nitrogen and oxygen atoms in total. The van der Waals surface area contributed by atoms with Crippen molar-refractivity contribution in [2.45, 2.75) is 31.9 Å². The van der Waals surface area contributed by atoms with E-state index in [2.05, 4.69) is 24.8 Å². The molecule has 4 rings (SSSR count). The van der Waals surface area contributed by atoms with Crippen molar-refractivity contribution in [1.29, 1.82) is 0 Å². The molecule has 2 aromatic heterocycles. The monoisotopic (exact) mass is 340 g/mol. The fourth-order valence-electron chi connectivity index (χ4n) is 3.55. The van der Waals surface area contributed by atoms with E-state index in [1.54, 1.807) is 12.3 Å². The highest BCUT2D eigenvalue weighted by Gasteiger charge is 2.26. The van der Waals surface area contributed by atoms with Crippen molar-refractivity contribution in [3.05, 3.63) is 36.4 Å². The maximum absolute atomic E-state index is 6.30. The lowest BCUT2D eigenvalue weighted by atomic mass is 10.3. The average Bonchev–Trinajstić information content (AvgIpc) is 3.28. The molecule has 2 aromatic rings. The van der Waals surface area contributed by atoms with Crippen LogP contribution in [0.15, 0.2) is 30.6 Å². The van der Waals surface area contributed by atoms with Crippen molar-refractivity contribution in [3.8, 4) is 5.75 Å². The van der Waals surface area contributed by atoms with E-state index in [-0.39, 0.29) is 6.10 Å². The largest absolute Gasteiger partial charge is 0.485 e. The van der Waals surface area contributed by atoms with Crippen LogP contribution in [0.1, 0.15) is 25.1 Å². The van der Waals surface area contributed by atoms with Gasteiger partial charge in [-0.15, -0.1) is 0 Å². The van der Waals surface area contributed by atoms with Gasteiger partial charge in [0.15, 0.2) is 11.6 Å². The lowest BCUT2D eigenvalue weighted by Gasteiger charge is -2.22. The number of hydrogen-bond acceptors (Lipinski definition) is 7. The van der Waals surface area contributed by atoms with Crippen LogP contribution < -0.4 is 15.4 Å². The number of anilines is 2. The molecule has 1 atom stereocenters. The first-order chi connectivity index (χ1) is 12.3. The SMILES string of the molecule is Nc1ccnc(CN2CCC(Oc3cccnc3N3CCCC3)C2)n1. The van der Waals surface area contributed by atoms with Crippen molar-refractivity contribution >= 4 is 11.6 Å². The number of aromatic nitrogens is 3. The first-order valence-electron chi connectivity index (χ1n) is 8.94. The number of likely N-dealkylation sites (tertiary alicyclic amines) is 1. The molecule has 1 unspecified atom stereocenters. The molecule has 0 saturated carbocycles. The summed E-state index contributed by atoms with van der Waals surface area (Å²) >= 11 is 0. The van der Waals surface area contributed by atoms with E-state index >= 15 is 0 Å². The molecule has 0 spiro atoms. The Balaban J connectivity index is 1.38. The number of ether oxygens (including phenoxy) is 1.